The quantitative estimate of drug-likeness (QED) is 0.781. The molecule has 1 heterocycles. The third-order valence-corrected chi connectivity index (χ3v) is 6.41. The molecule has 1 saturated heterocycles. The van der Waals surface area contributed by atoms with Gasteiger partial charge in [0.25, 0.3) is 0 Å². The number of rotatable bonds is 4. The normalized spacial score (nSPS) is 27.9. The van der Waals surface area contributed by atoms with Crippen molar-refractivity contribution in [3.8, 4) is 0 Å². The molecule has 0 radical (unpaired) electrons. The fourth-order valence-electron chi connectivity index (χ4n) is 4.45. The van der Waals surface area contributed by atoms with E-state index in [1.807, 2.05) is 0 Å². The summed E-state index contributed by atoms with van der Waals surface area (Å²) >= 11 is 0. The molecule has 0 aromatic heterocycles. The minimum atomic E-state index is 0.351. The van der Waals surface area contributed by atoms with Crippen molar-refractivity contribution in [1.82, 2.24) is 4.90 Å². The van der Waals surface area contributed by atoms with E-state index in [9.17, 15) is 0 Å². The van der Waals surface area contributed by atoms with E-state index >= 15 is 0 Å². The van der Waals surface area contributed by atoms with Gasteiger partial charge in [0.2, 0.25) is 0 Å². The van der Waals surface area contributed by atoms with Crippen LogP contribution in [0.15, 0.2) is 0 Å². The Bertz CT molecular complexity index is 252. The van der Waals surface area contributed by atoms with Crippen LogP contribution in [0, 0.1) is 5.41 Å². The molecule has 0 amide bonds. The van der Waals surface area contributed by atoms with Gasteiger partial charge in [-0.15, -0.1) is 0 Å². The molecule has 1 aliphatic carbocycles. The van der Waals surface area contributed by atoms with Crippen molar-refractivity contribution in [3.63, 3.8) is 0 Å². The summed E-state index contributed by atoms with van der Waals surface area (Å²) in [4.78, 5) is 2.78. The minimum Gasteiger partial charge on any atom is -0.329 e. The number of nitrogens with two attached hydrogens (primary N) is 1. The molecule has 19 heavy (non-hydrogen) atoms. The molecule has 112 valence electrons. The molecule has 2 heteroatoms. The van der Waals surface area contributed by atoms with Crippen molar-refractivity contribution >= 4 is 0 Å². The van der Waals surface area contributed by atoms with Crippen molar-refractivity contribution in [2.45, 2.75) is 83.6 Å². The van der Waals surface area contributed by atoms with Crippen LogP contribution in [0.1, 0.15) is 78.1 Å². The van der Waals surface area contributed by atoms with Crippen LogP contribution >= 0.6 is 0 Å². The topological polar surface area (TPSA) is 29.3 Å². The first-order valence-electron chi connectivity index (χ1n) is 8.65. The highest BCUT2D eigenvalue weighted by Gasteiger charge is 2.40. The van der Waals surface area contributed by atoms with E-state index < -0.39 is 0 Å². The molecule has 2 fully saturated rings. The molecule has 1 aliphatic heterocycles. The summed E-state index contributed by atoms with van der Waals surface area (Å²) < 4.78 is 0. The van der Waals surface area contributed by atoms with Crippen molar-refractivity contribution in [1.29, 1.82) is 0 Å². The average molecular weight is 266 g/mol. The Kier molecular flexibility index (Phi) is 5.30. The zero-order valence-electron chi connectivity index (χ0n) is 13.2. The van der Waals surface area contributed by atoms with Crippen LogP contribution in [0.25, 0.3) is 0 Å². The van der Waals surface area contributed by atoms with Crippen LogP contribution in [-0.2, 0) is 0 Å². The highest BCUT2D eigenvalue weighted by atomic mass is 15.2. The molecule has 0 unspecified atom stereocenters. The maximum Gasteiger partial charge on any atom is 0.0331 e. The summed E-state index contributed by atoms with van der Waals surface area (Å²) in [6.45, 7) is 8.21. The highest BCUT2D eigenvalue weighted by Crippen LogP contribution is 2.42. The van der Waals surface area contributed by atoms with Crippen molar-refractivity contribution in [3.05, 3.63) is 0 Å². The molecular weight excluding hydrogens is 232 g/mol. The molecule has 0 atom stereocenters. The molecule has 0 bridgehead atoms. The molecule has 2 rings (SSSR count). The van der Waals surface area contributed by atoms with Gasteiger partial charge in [0, 0.05) is 12.1 Å². The Balaban J connectivity index is 2.01. The molecule has 2 aliphatic rings. The second kappa shape index (κ2) is 6.58. The first-order chi connectivity index (χ1) is 9.20. The lowest BCUT2D eigenvalue weighted by Crippen LogP contribution is -2.57. The average Bonchev–Trinajstić information content (AvgIpc) is 2.74. The Morgan fingerprint density at radius 3 is 1.79 bits per heavy atom. The third kappa shape index (κ3) is 3.16. The van der Waals surface area contributed by atoms with Gasteiger partial charge < -0.3 is 5.73 Å². The Hall–Kier alpha value is -0.0800. The summed E-state index contributed by atoms with van der Waals surface area (Å²) in [5, 5.41) is 0. The van der Waals surface area contributed by atoms with Gasteiger partial charge in [-0.3, -0.25) is 4.90 Å². The molecule has 0 spiro atoms. The fraction of sp³-hybridized carbons (Fsp3) is 1.00. The zero-order valence-corrected chi connectivity index (χ0v) is 13.2. The van der Waals surface area contributed by atoms with Crippen LogP contribution in [0.2, 0.25) is 0 Å². The maximum absolute atomic E-state index is 6.23. The van der Waals surface area contributed by atoms with Crippen LogP contribution in [0.5, 0.6) is 0 Å². The molecule has 2 nitrogen and oxygen atoms in total. The second-order valence-electron chi connectivity index (χ2n) is 7.04. The summed E-state index contributed by atoms with van der Waals surface area (Å²) in [5.41, 5.74) is 7.22. The highest BCUT2D eigenvalue weighted by molar-refractivity contribution is 4.97. The van der Waals surface area contributed by atoms with Gasteiger partial charge in [-0.25, -0.2) is 0 Å². The molecular formula is C17H34N2. The molecule has 0 aromatic rings. The standard InChI is InChI=1S/C17H34N2/c1-3-16(4-2)11-13-19(14-12-16)17(15-18)9-7-5-6-8-10-17/h3-15,18H2,1-2H3. The van der Waals surface area contributed by atoms with Crippen LogP contribution in [0.3, 0.4) is 0 Å². The Morgan fingerprint density at radius 1 is 0.842 bits per heavy atom. The van der Waals surface area contributed by atoms with Crippen LogP contribution < -0.4 is 5.73 Å². The first-order valence-corrected chi connectivity index (χ1v) is 8.65. The third-order valence-electron chi connectivity index (χ3n) is 6.41. The minimum absolute atomic E-state index is 0.351. The number of likely N-dealkylation sites (tertiary alicyclic amines) is 1. The lowest BCUT2D eigenvalue weighted by molar-refractivity contribution is 0.00782. The van der Waals surface area contributed by atoms with Gasteiger partial charge in [0.1, 0.15) is 0 Å². The summed E-state index contributed by atoms with van der Waals surface area (Å²) in [6.07, 6.45) is 13.8. The smallest absolute Gasteiger partial charge is 0.0331 e. The Labute approximate surface area is 120 Å². The number of hydrogen-bond acceptors (Lipinski definition) is 2. The predicted octanol–water partition coefficient (Wildman–Crippen LogP) is 3.94. The van der Waals surface area contributed by atoms with Crippen molar-refractivity contribution < 1.29 is 0 Å². The summed E-state index contributed by atoms with van der Waals surface area (Å²) in [6, 6.07) is 0. The number of nitrogens with zero attached hydrogens (tertiary/aromatic N) is 1. The SMILES string of the molecule is CCC1(CC)CCN(C2(CN)CCCCCC2)CC1. The van der Waals surface area contributed by atoms with Gasteiger partial charge >= 0.3 is 0 Å². The van der Waals surface area contributed by atoms with E-state index in [1.165, 1.54) is 77.3 Å². The Morgan fingerprint density at radius 2 is 1.37 bits per heavy atom. The van der Waals surface area contributed by atoms with E-state index in [4.69, 9.17) is 5.73 Å². The summed E-state index contributed by atoms with van der Waals surface area (Å²) in [7, 11) is 0. The first kappa shape index (κ1) is 15.3. The van der Waals surface area contributed by atoms with E-state index in [0.29, 0.717) is 11.0 Å². The van der Waals surface area contributed by atoms with Gasteiger partial charge in [0.15, 0.2) is 0 Å². The van der Waals surface area contributed by atoms with E-state index in [1.54, 1.807) is 0 Å². The molecule has 2 N–H and O–H groups in total. The largest absolute Gasteiger partial charge is 0.329 e. The zero-order chi connectivity index (χ0) is 13.8. The molecule has 1 saturated carbocycles. The molecule has 0 aromatic carbocycles. The summed E-state index contributed by atoms with van der Waals surface area (Å²) in [5.74, 6) is 0. The van der Waals surface area contributed by atoms with Gasteiger partial charge in [-0.05, 0) is 44.2 Å². The van der Waals surface area contributed by atoms with Gasteiger partial charge in [-0.1, -0.05) is 52.4 Å². The maximum atomic E-state index is 6.23. The van der Waals surface area contributed by atoms with Crippen LogP contribution in [0.4, 0.5) is 0 Å². The van der Waals surface area contributed by atoms with Crippen LogP contribution in [-0.4, -0.2) is 30.1 Å². The lowest BCUT2D eigenvalue weighted by Gasteiger charge is -2.50. The number of piperidine rings is 1. The number of hydrogen-bond donors (Lipinski definition) is 1. The van der Waals surface area contributed by atoms with E-state index in [2.05, 4.69) is 18.7 Å². The second-order valence-corrected chi connectivity index (χ2v) is 7.04. The predicted molar refractivity (Wildman–Crippen MR) is 83.3 cm³/mol. The van der Waals surface area contributed by atoms with Crippen molar-refractivity contribution in [2.24, 2.45) is 11.1 Å². The fourth-order valence-corrected chi connectivity index (χ4v) is 4.45. The van der Waals surface area contributed by atoms with Crippen molar-refractivity contribution in [2.75, 3.05) is 19.6 Å². The van der Waals surface area contributed by atoms with Gasteiger partial charge in [-0.2, -0.15) is 0 Å². The van der Waals surface area contributed by atoms with E-state index in [-0.39, 0.29) is 0 Å². The lowest BCUT2D eigenvalue weighted by atomic mass is 9.72. The van der Waals surface area contributed by atoms with E-state index in [0.717, 1.165) is 6.54 Å². The van der Waals surface area contributed by atoms with Gasteiger partial charge in [0.05, 0.1) is 0 Å². The monoisotopic (exact) mass is 266 g/mol.